The highest BCUT2D eigenvalue weighted by atomic mass is 16.5. The first-order chi connectivity index (χ1) is 9.90. The van der Waals surface area contributed by atoms with Crippen molar-refractivity contribution in [2.45, 2.75) is 32.1 Å². The van der Waals surface area contributed by atoms with Gasteiger partial charge in [-0.3, -0.25) is 0 Å². The summed E-state index contributed by atoms with van der Waals surface area (Å²) in [6, 6.07) is 8.28. The summed E-state index contributed by atoms with van der Waals surface area (Å²) in [5.74, 6) is 1.00. The van der Waals surface area contributed by atoms with Gasteiger partial charge in [-0.1, -0.05) is 24.6 Å². The summed E-state index contributed by atoms with van der Waals surface area (Å²) in [7, 11) is 1.74. The Balaban J connectivity index is 1.55. The van der Waals surface area contributed by atoms with Crippen molar-refractivity contribution >= 4 is 0 Å². The van der Waals surface area contributed by atoms with Gasteiger partial charge in [-0.15, -0.1) is 0 Å². The number of piperidine rings is 1. The van der Waals surface area contributed by atoms with Gasteiger partial charge in [0.05, 0.1) is 7.11 Å². The molecule has 1 heterocycles. The third-order valence-corrected chi connectivity index (χ3v) is 4.04. The van der Waals surface area contributed by atoms with Gasteiger partial charge in [-0.25, -0.2) is 0 Å². The molecule has 3 heteroatoms. The zero-order valence-electron chi connectivity index (χ0n) is 12.7. The monoisotopic (exact) mass is 276 g/mol. The number of para-hydroxylation sites is 1. The lowest BCUT2D eigenvalue weighted by Crippen LogP contribution is -2.32. The van der Waals surface area contributed by atoms with Crippen molar-refractivity contribution in [2.24, 2.45) is 0 Å². The summed E-state index contributed by atoms with van der Waals surface area (Å²) >= 11 is 0. The second-order valence-corrected chi connectivity index (χ2v) is 5.57. The summed E-state index contributed by atoms with van der Waals surface area (Å²) in [5, 5.41) is 3.54. The Kier molecular flexibility index (Phi) is 6.89. The van der Waals surface area contributed by atoms with Crippen LogP contribution in [-0.2, 0) is 6.42 Å². The Morgan fingerprint density at radius 1 is 1.10 bits per heavy atom. The SMILES string of the molecule is COc1ccccc1CCNCCCN1CCCCC1. The van der Waals surface area contributed by atoms with E-state index >= 15 is 0 Å². The van der Waals surface area contributed by atoms with Crippen molar-refractivity contribution in [3.8, 4) is 5.75 Å². The second kappa shape index (κ2) is 8.98. The fourth-order valence-corrected chi connectivity index (χ4v) is 2.87. The molecule has 0 bridgehead atoms. The van der Waals surface area contributed by atoms with Crippen molar-refractivity contribution in [1.29, 1.82) is 0 Å². The Hall–Kier alpha value is -1.06. The molecule has 1 aliphatic heterocycles. The summed E-state index contributed by atoms with van der Waals surface area (Å²) in [6.45, 7) is 6.01. The normalized spacial score (nSPS) is 16.2. The Morgan fingerprint density at radius 3 is 2.70 bits per heavy atom. The molecule has 0 unspecified atom stereocenters. The van der Waals surface area contributed by atoms with Crippen LogP contribution in [0.15, 0.2) is 24.3 Å². The average molecular weight is 276 g/mol. The van der Waals surface area contributed by atoms with Crippen molar-refractivity contribution in [2.75, 3.05) is 39.8 Å². The number of nitrogens with zero attached hydrogens (tertiary/aromatic N) is 1. The van der Waals surface area contributed by atoms with Crippen LogP contribution in [0.3, 0.4) is 0 Å². The van der Waals surface area contributed by atoms with E-state index in [1.165, 1.54) is 50.9 Å². The lowest BCUT2D eigenvalue weighted by atomic mass is 10.1. The third-order valence-electron chi connectivity index (χ3n) is 4.04. The van der Waals surface area contributed by atoms with E-state index in [0.29, 0.717) is 0 Å². The van der Waals surface area contributed by atoms with E-state index in [0.717, 1.165) is 25.3 Å². The van der Waals surface area contributed by atoms with Gasteiger partial charge in [0.2, 0.25) is 0 Å². The maximum absolute atomic E-state index is 5.37. The molecule has 0 aliphatic carbocycles. The quantitative estimate of drug-likeness (QED) is 0.739. The van der Waals surface area contributed by atoms with Crippen LogP contribution in [0.4, 0.5) is 0 Å². The Labute approximate surface area is 123 Å². The second-order valence-electron chi connectivity index (χ2n) is 5.57. The number of rotatable bonds is 8. The molecule has 0 aromatic heterocycles. The van der Waals surface area contributed by atoms with E-state index in [9.17, 15) is 0 Å². The first-order valence-corrected chi connectivity index (χ1v) is 7.95. The van der Waals surface area contributed by atoms with Crippen molar-refractivity contribution in [1.82, 2.24) is 10.2 Å². The van der Waals surface area contributed by atoms with E-state index in [2.05, 4.69) is 22.3 Å². The molecular weight excluding hydrogens is 248 g/mol. The maximum atomic E-state index is 5.37. The van der Waals surface area contributed by atoms with Gasteiger partial charge < -0.3 is 15.0 Å². The summed E-state index contributed by atoms with van der Waals surface area (Å²) in [5.41, 5.74) is 1.29. The van der Waals surface area contributed by atoms with Gasteiger partial charge in [0, 0.05) is 0 Å². The lowest BCUT2D eigenvalue weighted by Gasteiger charge is -2.26. The predicted octanol–water partition coefficient (Wildman–Crippen LogP) is 2.70. The van der Waals surface area contributed by atoms with Gasteiger partial charge in [-0.2, -0.15) is 0 Å². The van der Waals surface area contributed by atoms with E-state index < -0.39 is 0 Å². The molecule has 3 nitrogen and oxygen atoms in total. The fourth-order valence-electron chi connectivity index (χ4n) is 2.87. The van der Waals surface area contributed by atoms with Crippen LogP contribution in [0, 0.1) is 0 Å². The molecular formula is C17H28N2O. The first kappa shape index (κ1) is 15.3. The number of methoxy groups -OCH3 is 1. The van der Waals surface area contributed by atoms with Crippen LogP contribution in [0.25, 0.3) is 0 Å². The van der Waals surface area contributed by atoms with Gasteiger partial charge in [-0.05, 0) is 70.0 Å². The maximum Gasteiger partial charge on any atom is 0.122 e. The molecule has 0 atom stereocenters. The van der Waals surface area contributed by atoms with Crippen LogP contribution in [0.5, 0.6) is 5.75 Å². The van der Waals surface area contributed by atoms with E-state index in [4.69, 9.17) is 4.74 Å². The molecule has 1 aromatic carbocycles. The molecule has 112 valence electrons. The molecule has 0 spiro atoms. The molecule has 0 saturated carbocycles. The molecule has 20 heavy (non-hydrogen) atoms. The largest absolute Gasteiger partial charge is 0.496 e. The minimum atomic E-state index is 1.00. The molecule has 2 rings (SSSR count). The van der Waals surface area contributed by atoms with Crippen LogP contribution < -0.4 is 10.1 Å². The standard InChI is InChI=1S/C17H28N2O/c1-20-17-9-4-3-8-16(17)10-12-18-11-7-15-19-13-5-2-6-14-19/h3-4,8-9,18H,2,5-7,10-15H2,1H3. The minimum absolute atomic E-state index is 1.00. The fraction of sp³-hybridized carbons (Fsp3) is 0.647. The zero-order chi connectivity index (χ0) is 14.0. The van der Waals surface area contributed by atoms with Gasteiger partial charge in [0.25, 0.3) is 0 Å². The summed E-state index contributed by atoms with van der Waals surface area (Å²) in [4.78, 5) is 2.60. The van der Waals surface area contributed by atoms with Crippen LogP contribution in [0.1, 0.15) is 31.2 Å². The van der Waals surface area contributed by atoms with E-state index in [1.54, 1.807) is 7.11 Å². The molecule has 1 N–H and O–H groups in total. The minimum Gasteiger partial charge on any atom is -0.496 e. The number of hydrogen-bond acceptors (Lipinski definition) is 3. The molecule has 1 aromatic rings. The average Bonchev–Trinajstić information content (AvgIpc) is 2.52. The Morgan fingerprint density at radius 2 is 1.90 bits per heavy atom. The highest BCUT2D eigenvalue weighted by molar-refractivity contribution is 5.33. The highest BCUT2D eigenvalue weighted by Crippen LogP contribution is 2.17. The van der Waals surface area contributed by atoms with Gasteiger partial charge >= 0.3 is 0 Å². The lowest BCUT2D eigenvalue weighted by molar-refractivity contribution is 0.226. The molecule has 1 fully saturated rings. The summed E-state index contributed by atoms with van der Waals surface area (Å²) < 4.78 is 5.37. The zero-order valence-corrected chi connectivity index (χ0v) is 12.7. The third kappa shape index (κ3) is 5.14. The van der Waals surface area contributed by atoms with Crippen LogP contribution >= 0.6 is 0 Å². The Bertz CT molecular complexity index is 375. The van der Waals surface area contributed by atoms with Crippen LogP contribution in [-0.4, -0.2) is 44.7 Å². The van der Waals surface area contributed by atoms with E-state index in [1.807, 2.05) is 12.1 Å². The number of ether oxygens (including phenoxy) is 1. The van der Waals surface area contributed by atoms with Crippen molar-refractivity contribution < 1.29 is 4.74 Å². The number of benzene rings is 1. The molecule has 1 saturated heterocycles. The number of nitrogens with one attached hydrogen (secondary N) is 1. The summed E-state index contributed by atoms with van der Waals surface area (Å²) in [6.07, 6.45) is 6.50. The topological polar surface area (TPSA) is 24.5 Å². The van der Waals surface area contributed by atoms with Gasteiger partial charge in [0.15, 0.2) is 0 Å². The van der Waals surface area contributed by atoms with Crippen molar-refractivity contribution in [3.05, 3.63) is 29.8 Å². The molecule has 1 aliphatic rings. The smallest absolute Gasteiger partial charge is 0.122 e. The van der Waals surface area contributed by atoms with Crippen LogP contribution in [0.2, 0.25) is 0 Å². The number of hydrogen-bond donors (Lipinski definition) is 1. The van der Waals surface area contributed by atoms with E-state index in [-0.39, 0.29) is 0 Å². The molecule has 0 amide bonds. The highest BCUT2D eigenvalue weighted by Gasteiger charge is 2.08. The van der Waals surface area contributed by atoms with Gasteiger partial charge in [0.1, 0.15) is 5.75 Å². The number of likely N-dealkylation sites (tertiary alicyclic amines) is 1. The first-order valence-electron chi connectivity index (χ1n) is 7.95. The van der Waals surface area contributed by atoms with Crippen molar-refractivity contribution in [3.63, 3.8) is 0 Å². The molecule has 0 radical (unpaired) electrons. The predicted molar refractivity (Wildman–Crippen MR) is 84.5 cm³/mol.